The van der Waals surface area contributed by atoms with Gasteiger partial charge in [-0.3, -0.25) is 0 Å². The highest BCUT2D eigenvalue weighted by Crippen LogP contribution is 2.44. The van der Waals surface area contributed by atoms with Crippen LogP contribution in [-0.2, 0) is 0 Å². The summed E-state index contributed by atoms with van der Waals surface area (Å²) in [6, 6.07) is 16.0. The first kappa shape index (κ1) is 19.9. The van der Waals surface area contributed by atoms with Gasteiger partial charge in [-0.2, -0.15) is 5.26 Å². The molecule has 1 nitrogen and oxygen atoms in total. The van der Waals surface area contributed by atoms with E-state index in [9.17, 15) is 13.2 Å². The van der Waals surface area contributed by atoms with Gasteiger partial charge in [-0.05, 0) is 58.4 Å². The van der Waals surface area contributed by atoms with Crippen LogP contribution in [0.3, 0.4) is 0 Å². The van der Waals surface area contributed by atoms with Crippen molar-refractivity contribution in [3.05, 3.63) is 83.2 Å². The number of hydrogen-bond acceptors (Lipinski definition) is 3. The van der Waals surface area contributed by atoms with Gasteiger partial charge in [0.1, 0.15) is 29.1 Å². The van der Waals surface area contributed by atoms with Gasteiger partial charge >= 0.3 is 0 Å². The van der Waals surface area contributed by atoms with Crippen molar-refractivity contribution in [2.45, 2.75) is 11.0 Å². The average Bonchev–Trinajstić information content (AvgIpc) is 2.74. The van der Waals surface area contributed by atoms with Gasteiger partial charge < -0.3 is 0 Å². The zero-order valence-corrected chi connectivity index (χ0v) is 16.9. The fourth-order valence-electron chi connectivity index (χ4n) is 3.28. The molecule has 0 amide bonds. The summed E-state index contributed by atoms with van der Waals surface area (Å²) < 4.78 is 42.8. The summed E-state index contributed by atoms with van der Waals surface area (Å²) in [5, 5.41) is 8.78. The third kappa shape index (κ3) is 4.17. The lowest BCUT2D eigenvalue weighted by molar-refractivity contribution is 0.577. The van der Waals surface area contributed by atoms with Crippen molar-refractivity contribution in [1.29, 1.82) is 5.26 Å². The number of rotatable bonds is 3. The maximum absolute atomic E-state index is 14.8. The second kappa shape index (κ2) is 8.56. The van der Waals surface area contributed by atoms with Gasteiger partial charge in [0.05, 0.1) is 4.58 Å². The van der Waals surface area contributed by atoms with E-state index in [1.165, 1.54) is 12.5 Å². The number of benzene rings is 3. The third-order valence-corrected chi connectivity index (χ3v) is 7.79. The zero-order chi connectivity index (χ0) is 20.4. The lowest BCUT2D eigenvalue weighted by atomic mass is 9.98. The summed E-state index contributed by atoms with van der Waals surface area (Å²) in [5.41, 5.74) is 2.48. The number of hydrogen-bond donors (Lipinski definition) is 0. The highest BCUT2D eigenvalue weighted by atomic mass is 32.2. The second-order valence-electron chi connectivity index (χ2n) is 6.67. The fourth-order valence-corrected chi connectivity index (χ4v) is 6.15. The second-order valence-corrected chi connectivity index (χ2v) is 9.39. The van der Waals surface area contributed by atoms with Crippen LogP contribution < -0.4 is 0 Å². The molecule has 146 valence electrons. The molecule has 1 fully saturated rings. The van der Waals surface area contributed by atoms with E-state index in [1.807, 2.05) is 29.6 Å². The van der Waals surface area contributed by atoms with Crippen LogP contribution in [0.1, 0.15) is 22.1 Å². The van der Waals surface area contributed by atoms with E-state index in [2.05, 4.69) is 0 Å². The molecule has 0 spiro atoms. The Labute approximate surface area is 175 Å². The van der Waals surface area contributed by atoms with Gasteiger partial charge in [-0.15, -0.1) is 23.5 Å². The number of nitrogens with zero attached hydrogens (tertiary/aromatic N) is 1. The maximum Gasteiger partial charge on any atom is 0.144 e. The molecule has 0 atom stereocenters. The summed E-state index contributed by atoms with van der Waals surface area (Å²) in [4.78, 5) is 0. The van der Waals surface area contributed by atoms with Crippen molar-refractivity contribution < 1.29 is 13.2 Å². The van der Waals surface area contributed by atoms with E-state index in [4.69, 9.17) is 5.26 Å². The molecule has 0 unspecified atom stereocenters. The summed E-state index contributed by atoms with van der Waals surface area (Å²) in [6.07, 6.45) is 1.19. The normalized spacial score (nSPS) is 14.6. The molecular weight excluding hydrogens is 411 g/mol. The molecule has 0 aliphatic carbocycles. The van der Waals surface area contributed by atoms with Gasteiger partial charge in [-0.25, -0.2) is 13.2 Å². The summed E-state index contributed by atoms with van der Waals surface area (Å²) >= 11 is 3.69. The topological polar surface area (TPSA) is 23.8 Å². The first-order chi connectivity index (χ1) is 14.1. The van der Waals surface area contributed by atoms with Gasteiger partial charge in [0.25, 0.3) is 0 Å². The molecule has 29 heavy (non-hydrogen) atoms. The van der Waals surface area contributed by atoms with E-state index >= 15 is 0 Å². The quantitative estimate of drug-likeness (QED) is 0.442. The van der Waals surface area contributed by atoms with Gasteiger partial charge in [0.15, 0.2) is 0 Å². The molecule has 4 rings (SSSR count). The minimum atomic E-state index is -0.897. The fraction of sp³-hybridized carbons (Fsp3) is 0.174. The average molecular weight is 428 g/mol. The highest BCUT2D eigenvalue weighted by molar-refractivity contribution is 8.16. The number of nitriles is 1. The number of halogens is 3. The van der Waals surface area contributed by atoms with Crippen molar-refractivity contribution in [2.24, 2.45) is 0 Å². The van der Waals surface area contributed by atoms with Crippen molar-refractivity contribution in [3.8, 4) is 28.3 Å². The van der Waals surface area contributed by atoms with Crippen LogP contribution in [-0.4, -0.2) is 11.5 Å². The lowest BCUT2D eigenvalue weighted by Gasteiger charge is -2.21. The minimum Gasteiger partial charge on any atom is -0.206 e. The molecule has 0 radical (unpaired) electrons. The van der Waals surface area contributed by atoms with Gasteiger partial charge in [0.2, 0.25) is 0 Å². The molecule has 1 aliphatic heterocycles. The Kier molecular flexibility index (Phi) is 5.89. The highest BCUT2D eigenvalue weighted by Gasteiger charge is 2.18. The van der Waals surface area contributed by atoms with Crippen LogP contribution in [0.25, 0.3) is 22.3 Å². The zero-order valence-electron chi connectivity index (χ0n) is 15.3. The molecule has 0 aromatic heterocycles. The first-order valence-electron chi connectivity index (χ1n) is 9.09. The Hall–Kier alpha value is -2.36. The molecule has 1 heterocycles. The van der Waals surface area contributed by atoms with E-state index in [1.54, 1.807) is 36.4 Å². The van der Waals surface area contributed by atoms with Crippen LogP contribution >= 0.6 is 23.5 Å². The van der Waals surface area contributed by atoms with Crippen LogP contribution in [0, 0.1) is 28.8 Å². The Morgan fingerprint density at radius 1 is 0.759 bits per heavy atom. The van der Waals surface area contributed by atoms with Crippen molar-refractivity contribution in [2.75, 3.05) is 11.5 Å². The van der Waals surface area contributed by atoms with Crippen LogP contribution in [0.4, 0.5) is 13.2 Å². The van der Waals surface area contributed by atoms with Crippen LogP contribution in [0.15, 0.2) is 54.6 Å². The van der Waals surface area contributed by atoms with Crippen molar-refractivity contribution >= 4 is 23.5 Å². The Balaban J connectivity index is 1.60. The summed E-state index contributed by atoms with van der Waals surface area (Å²) in [6.45, 7) is 0. The lowest BCUT2D eigenvalue weighted by Crippen LogP contribution is -2.01. The van der Waals surface area contributed by atoms with E-state index in [0.29, 0.717) is 22.3 Å². The first-order valence-corrected chi connectivity index (χ1v) is 11.2. The van der Waals surface area contributed by atoms with E-state index < -0.39 is 17.2 Å². The largest absolute Gasteiger partial charge is 0.206 e. The molecule has 6 heteroatoms. The molecule has 0 saturated carbocycles. The molecule has 3 aromatic rings. The Bertz CT molecular complexity index is 1060. The molecule has 0 N–H and O–H groups in total. The molecular formula is C23H16F3NS2. The Morgan fingerprint density at radius 3 is 1.97 bits per heavy atom. The molecule has 1 saturated heterocycles. The minimum absolute atomic E-state index is 0.274. The maximum atomic E-state index is 14.8. The summed E-state index contributed by atoms with van der Waals surface area (Å²) in [7, 11) is 0. The SMILES string of the molecule is N#Cc1c(F)cc(-c2ccc(-c3ccc(C4SCCCS4)cc3F)cc2)cc1F. The van der Waals surface area contributed by atoms with Crippen molar-refractivity contribution in [1.82, 2.24) is 0 Å². The summed E-state index contributed by atoms with van der Waals surface area (Å²) in [5.74, 6) is 0.119. The number of thioether (sulfide) groups is 2. The van der Waals surface area contributed by atoms with Gasteiger partial charge in [-0.1, -0.05) is 36.4 Å². The molecule has 1 aliphatic rings. The van der Waals surface area contributed by atoms with E-state index in [-0.39, 0.29) is 10.4 Å². The predicted molar refractivity (Wildman–Crippen MR) is 114 cm³/mol. The standard InChI is InChI=1S/C23H16F3NS2/c24-20-10-16(23-28-8-1-9-29-23)6-7-18(20)15-4-2-14(3-5-15)17-11-21(25)19(13-27)22(26)12-17/h2-7,10-12,23H,1,8-9H2. The predicted octanol–water partition coefficient (Wildman–Crippen LogP) is 7.18. The van der Waals surface area contributed by atoms with Gasteiger partial charge in [0, 0.05) is 5.56 Å². The Morgan fingerprint density at radius 2 is 1.38 bits per heavy atom. The third-order valence-electron chi connectivity index (χ3n) is 4.78. The molecule has 0 bridgehead atoms. The van der Waals surface area contributed by atoms with Crippen molar-refractivity contribution in [3.63, 3.8) is 0 Å². The smallest absolute Gasteiger partial charge is 0.144 e. The molecule has 3 aromatic carbocycles. The van der Waals surface area contributed by atoms with Crippen LogP contribution in [0.5, 0.6) is 0 Å². The van der Waals surface area contributed by atoms with Crippen LogP contribution in [0.2, 0.25) is 0 Å². The van der Waals surface area contributed by atoms with E-state index in [0.717, 1.165) is 29.2 Å². The monoisotopic (exact) mass is 427 g/mol.